The highest BCUT2D eigenvalue weighted by Crippen LogP contribution is 2.28. The topological polar surface area (TPSA) is 106 Å². The average Bonchev–Trinajstić information content (AvgIpc) is 3.32. The predicted molar refractivity (Wildman–Crippen MR) is 135 cm³/mol. The molecule has 11 heteroatoms. The number of amides is 1. The second-order valence-corrected chi connectivity index (χ2v) is 11.3. The third-order valence-corrected chi connectivity index (χ3v) is 8.67. The van der Waals surface area contributed by atoms with E-state index in [2.05, 4.69) is 10.3 Å². The van der Waals surface area contributed by atoms with E-state index in [1.165, 1.54) is 33.8 Å². The van der Waals surface area contributed by atoms with Crippen molar-refractivity contribution in [3.8, 4) is 11.3 Å². The van der Waals surface area contributed by atoms with Crippen molar-refractivity contribution in [1.29, 1.82) is 0 Å². The minimum atomic E-state index is -3.84. The lowest BCUT2D eigenvalue weighted by Gasteiger charge is -2.26. The quantitative estimate of drug-likeness (QED) is 0.440. The number of benzene rings is 2. The minimum absolute atomic E-state index is 0.00584. The molecule has 0 spiro atoms. The van der Waals surface area contributed by atoms with Gasteiger partial charge in [0.2, 0.25) is 10.0 Å². The molecule has 0 bridgehead atoms. The number of sulfonamides is 1. The summed E-state index contributed by atoms with van der Waals surface area (Å²) in [5.41, 5.74) is 2.78. The van der Waals surface area contributed by atoms with Gasteiger partial charge in [-0.25, -0.2) is 18.2 Å². The monoisotopic (exact) mass is 533 g/mol. The second-order valence-electron chi connectivity index (χ2n) is 8.14. The van der Waals surface area contributed by atoms with Gasteiger partial charge in [-0.2, -0.15) is 4.31 Å². The third kappa shape index (κ3) is 6.07. The molecule has 2 aromatic carbocycles. The molecule has 1 fully saturated rings. The Labute approximate surface area is 212 Å². The SMILES string of the molecule is Cc1ccc(-c2csc(NC(=O)COC(=O)c3ccc(Cl)c(S(=O)(=O)N4CCCCC4)c3)n2)cc1. The zero-order valence-electron chi connectivity index (χ0n) is 19.0. The summed E-state index contributed by atoms with van der Waals surface area (Å²) in [6, 6.07) is 11.8. The van der Waals surface area contributed by atoms with Gasteiger partial charge in [0.1, 0.15) is 4.90 Å². The average molecular weight is 534 g/mol. The van der Waals surface area contributed by atoms with E-state index in [4.69, 9.17) is 16.3 Å². The van der Waals surface area contributed by atoms with Crippen LogP contribution in [0.3, 0.4) is 0 Å². The van der Waals surface area contributed by atoms with Gasteiger partial charge in [0, 0.05) is 24.0 Å². The fourth-order valence-electron chi connectivity index (χ4n) is 3.63. The molecule has 184 valence electrons. The van der Waals surface area contributed by atoms with Crippen LogP contribution in [-0.2, 0) is 19.6 Å². The number of aromatic nitrogens is 1. The van der Waals surface area contributed by atoms with E-state index in [0.717, 1.165) is 36.1 Å². The Kier molecular flexibility index (Phi) is 7.85. The van der Waals surface area contributed by atoms with E-state index >= 15 is 0 Å². The summed E-state index contributed by atoms with van der Waals surface area (Å²) in [4.78, 5) is 29.0. The molecule has 1 aromatic heterocycles. The lowest BCUT2D eigenvalue weighted by Crippen LogP contribution is -2.35. The molecule has 1 aliphatic rings. The van der Waals surface area contributed by atoms with Crippen LogP contribution in [0.2, 0.25) is 5.02 Å². The van der Waals surface area contributed by atoms with Crippen LogP contribution in [0, 0.1) is 6.92 Å². The fraction of sp³-hybridized carbons (Fsp3) is 0.292. The number of carbonyl (C=O) groups is 2. The first-order chi connectivity index (χ1) is 16.7. The van der Waals surface area contributed by atoms with Gasteiger partial charge in [-0.1, -0.05) is 47.9 Å². The van der Waals surface area contributed by atoms with Crippen molar-refractivity contribution in [3.05, 3.63) is 64.0 Å². The molecule has 3 aromatic rings. The molecular weight excluding hydrogens is 510 g/mol. The number of rotatable bonds is 7. The number of aryl methyl sites for hydroxylation is 1. The number of halogens is 1. The van der Waals surface area contributed by atoms with Crippen LogP contribution < -0.4 is 5.32 Å². The van der Waals surface area contributed by atoms with E-state index in [1.807, 2.05) is 36.6 Å². The van der Waals surface area contributed by atoms with Crippen molar-refractivity contribution in [3.63, 3.8) is 0 Å². The summed E-state index contributed by atoms with van der Waals surface area (Å²) in [6.45, 7) is 2.27. The zero-order valence-corrected chi connectivity index (χ0v) is 21.4. The van der Waals surface area contributed by atoms with Crippen molar-refractivity contribution in [2.75, 3.05) is 25.0 Å². The van der Waals surface area contributed by atoms with Crippen LogP contribution in [0.25, 0.3) is 11.3 Å². The molecule has 0 atom stereocenters. The number of hydrogen-bond donors (Lipinski definition) is 1. The Balaban J connectivity index is 1.37. The molecule has 8 nitrogen and oxygen atoms in total. The maximum absolute atomic E-state index is 13.0. The first-order valence-corrected chi connectivity index (χ1v) is 13.7. The van der Waals surface area contributed by atoms with Crippen LogP contribution in [0.5, 0.6) is 0 Å². The minimum Gasteiger partial charge on any atom is -0.452 e. The van der Waals surface area contributed by atoms with Gasteiger partial charge >= 0.3 is 5.97 Å². The van der Waals surface area contributed by atoms with Crippen molar-refractivity contribution in [1.82, 2.24) is 9.29 Å². The first-order valence-electron chi connectivity index (χ1n) is 11.0. The number of nitrogens with zero attached hydrogens (tertiary/aromatic N) is 2. The summed E-state index contributed by atoms with van der Waals surface area (Å²) in [7, 11) is -3.84. The molecule has 2 heterocycles. The number of nitrogens with one attached hydrogen (secondary N) is 1. The normalized spacial score (nSPS) is 14.5. The van der Waals surface area contributed by atoms with Crippen LogP contribution in [0.15, 0.2) is 52.7 Å². The van der Waals surface area contributed by atoms with Gasteiger partial charge < -0.3 is 4.74 Å². The van der Waals surface area contributed by atoms with Crippen molar-refractivity contribution in [2.24, 2.45) is 0 Å². The summed E-state index contributed by atoms with van der Waals surface area (Å²) in [5.74, 6) is -1.38. The molecule has 1 aliphatic heterocycles. The number of carbonyl (C=O) groups excluding carboxylic acids is 2. The Morgan fingerprint density at radius 2 is 1.83 bits per heavy atom. The molecule has 1 N–H and O–H groups in total. The molecule has 0 saturated carbocycles. The molecule has 1 amide bonds. The van der Waals surface area contributed by atoms with Crippen LogP contribution >= 0.6 is 22.9 Å². The molecule has 0 radical (unpaired) electrons. The molecule has 4 rings (SSSR count). The van der Waals surface area contributed by atoms with Crippen LogP contribution in [0.1, 0.15) is 35.2 Å². The van der Waals surface area contributed by atoms with Crippen molar-refractivity contribution < 1.29 is 22.7 Å². The molecule has 0 aliphatic carbocycles. The molecule has 1 saturated heterocycles. The molecule has 0 unspecified atom stereocenters. The van der Waals surface area contributed by atoms with Gasteiger partial charge in [-0.3, -0.25) is 10.1 Å². The molecule has 35 heavy (non-hydrogen) atoms. The summed E-state index contributed by atoms with van der Waals surface area (Å²) >= 11 is 7.41. The number of hydrogen-bond acceptors (Lipinski definition) is 7. The predicted octanol–water partition coefficient (Wildman–Crippen LogP) is 4.74. The number of esters is 1. The Bertz CT molecular complexity index is 1330. The largest absolute Gasteiger partial charge is 0.452 e. The van der Waals surface area contributed by atoms with Gasteiger partial charge in [0.05, 0.1) is 16.3 Å². The number of anilines is 1. The standard InChI is InChI=1S/C24H24ClN3O5S2/c1-16-5-7-17(8-6-16)20-15-34-24(26-20)27-22(29)14-33-23(30)18-9-10-19(25)21(13-18)35(31,32)28-11-3-2-4-12-28/h5-10,13,15H,2-4,11-12,14H2,1H3,(H,26,27,29). The summed E-state index contributed by atoms with van der Waals surface area (Å²) in [6.07, 6.45) is 2.53. The van der Waals surface area contributed by atoms with E-state index in [9.17, 15) is 18.0 Å². The molecular formula is C24H24ClN3O5S2. The Morgan fingerprint density at radius 1 is 1.11 bits per heavy atom. The fourth-order valence-corrected chi connectivity index (χ4v) is 6.38. The second kappa shape index (κ2) is 10.9. The van der Waals surface area contributed by atoms with Gasteiger partial charge in [-0.15, -0.1) is 11.3 Å². The highest BCUT2D eigenvalue weighted by atomic mass is 35.5. The highest BCUT2D eigenvalue weighted by Gasteiger charge is 2.29. The van der Waals surface area contributed by atoms with E-state index < -0.39 is 28.5 Å². The Hall–Kier alpha value is -2.79. The smallest absolute Gasteiger partial charge is 0.338 e. The van der Waals surface area contributed by atoms with Crippen LogP contribution in [-0.4, -0.2) is 49.3 Å². The van der Waals surface area contributed by atoms with Crippen molar-refractivity contribution >= 4 is 50.0 Å². The summed E-state index contributed by atoms with van der Waals surface area (Å²) in [5, 5.41) is 4.83. The van der Waals surface area contributed by atoms with E-state index in [0.29, 0.717) is 18.2 Å². The maximum atomic E-state index is 13.0. The van der Waals surface area contributed by atoms with E-state index in [-0.39, 0.29) is 15.5 Å². The number of ether oxygens (including phenoxy) is 1. The van der Waals surface area contributed by atoms with E-state index in [1.54, 1.807) is 0 Å². The Morgan fingerprint density at radius 3 is 2.54 bits per heavy atom. The number of piperidine rings is 1. The van der Waals surface area contributed by atoms with Gasteiger partial charge in [0.25, 0.3) is 5.91 Å². The van der Waals surface area contributed by atoms with Crippen LogP contribution in [0.4, 0.5) is 5.13 Å². The highest BCUT2D eigenvalue weighted by molar-refractivity contribution is 7.89. The number of thiazole rings is 1. The first kappa shape index (κ1) is 25.3. The lowest BCUT2D eigenvalue weighted by atomic mass is 10.1. The zero-order chi connectivity index (χ0) is 25.0. The summed E-state index contributed by atoms with van der Waals surface area (Å²) < 4.78 is 32.5. The third-order valence-electron chi connectivity index (χ3n) is 5.53. The maximum Gasteiger partial charge on any atom is 0.338 e. The van der Waals surface area contributed by atoms with Gasteiger partial charge in [0.15, 0.2) is 11.7 Å². The van der Waals surface area contributed by atoms with Gasteiger partial charge in [-0.05, 0) is 38.0 Å². The van der Waals surface area contributed by atoms with Crippen molar-refractivity contribution in [2.45, 2.75) is 31.1 Å². The lowest BCUT2D eigenvalue weighted by molar-refractivity contribution is -0.119.